The minimum absolute atomic E-state index is 0.250. The van der Waals surface area contributed by atoms with Gasteiger partial charge in [-0.2, -0.15) is 10.2 Å². The molecule has 5 aromatic rings. The van der Waals surface area contributed by atoms with Gasteiger partial charge in [0, 0.05) is 55.4 Å². The van der Waals surface area contributed by atoms with Gasteiger partial charge in [0.25, 0.3) is 0 Å². The second kappa shape index (κ2) is 10.9. The van der Waals surface area contributed by atoms with Gasteiger partial charge in [-0.3, -0.25) is 14.4 Å². The summed E-state index contributed by atoms with van der Waals surface area (Å²) in [7, 11) is 0. The van der Waals surface area contributed by atoms with Gasteiger partial charge in [-0.05, 0) is 42.6 Å². The van der Waals surface area contributed by atoms with Gasteiger partial charge in [0.1, 0.15) is 11.8 Å². The van der Waals surface area contributed by atoms with E-state index in [-0.39, 0.29) is 5.91 Å². The molecule has 3 aromatic heterocycles. The molecule has 1 aliphatic heterocycles. The number of hydrogen-bond acceptors (Lipinski definition) is 6. The lowest BCUT2D eigenvalue weighted by molar-refractivity contribution is -0.132. The summed E-state index contributed by atoms with van der Waals surface area (Å²) >= 11 is 0. The third-order valence-corrected chi connectivity index (χ3v) is 7.64. The Labute approximate surface area is 227 Å². The van der Waals surface area contributed by atoms with Crippen LogP contribution in [0.1, 0.15) is 31.0 Å². The fourth-order valence-corrected chi connectivity index (χ4v) is 5.55. The van der Waals surface area contributed by atoms with Crippen molar-refractivity contribution in [1.29, 1.82) is 0 Å². The number of fused-ring (bicyclic) bond motifs is 2. The molecule has 9 heteroatoms. The summed E-state index contributed by atoms with van der Waals surface area (Å²) in [5, 5.41) is 10.5. The lowest BCUT2D eigenvalue weighted by atomic mass is 10.0. The first-order chi connectivity index (χ1) is 19.1. The predicted octanol–water partition coefficient (Wildman–Crippen LogP) is 3.86. The van der Waals surface area contributed by atoms with Crippen molar-refractivity contribution >= 4 is 28.1 Å². The second-order valence-corrected chi connectivity index (χ2v) is 10.2. The van der Waals surface area contributed by atoms with Crippen LogP contribution in [0.15, 0.2) is 67.1 Å². The Morgan fingerprint density at radius 3 is 2.64 bits per heavy atom. The molecule has 4 heterocycles. The Morgan fingerprint density at radius 1 is 1.03 bits per heavy atom. The molecule has 9 nitrogen and oxygen atoms in total. The molecule has 2 aromatic carbocycles. The number of piperazine rings is 1. The van der Waals surface area contributed by atoms with Gasteiger partial charge in [-0.15, -0.1) is 0 Å². The molecule has 6 rings (SSSR count). The molecule has 0 spiro atoms. The van der Waals surface area contributed by atoms with Crippen LogP contribution in [-0.2, 0) is 17.8 Å². The van der Waals surface area contributed by atoms with Crippen molar-refractivity contribution < 1.29 is 4.79 Å². The molecule has 2 N–H and O–H groups in total. The van der Waals surface area contributed by atoms with E-state index in [4.69, 9.17) is 10.8 Å². The van der Waals surface area contributed by atoms with Crippen molar-refractivity contribution in [2.24, 2.45) is 0 Å². The number of carbonyl (C=O) groups is 1. The number of anilines is 1. The van der Waals surface area contributed by atoms with E-state index < -0.39 is 0 Å². The summed E-state index contributed by atoms with van der Waals surface area (Å²) in [4.78, 5) is 20.7. The number of amides is 1. The molecule has 0 atom stereocenters. The average Bonchev–Trinajstić information content (AvgIpc) is 3.54. The molecule has 1 saturated heterocycles. The number of carbonyl (C=O) groups excluding carboxylic acids is 1. The van der Waals surface area contributed by atoms with Crippen molar-refractivity contribution in [3.8, 4) is 11.1 Å². The number of benzene rings is 2. The highest BCUT2D eigenvalue weighted by molar-refractivity contribution is 5.92. The van der Waals surface area contributed by atoms with Crippen LogP contribution in [0.2, 0.25) is 0 Å². The van der Waals surface area contributed by atoms with E-state index >= 15 is 0 Å². The first kappa shape index (κ1) is 25.1. The summed E-state index contributed by atoms with van der Waals surface area (Å²) in [6.07, 6.45) is 6.07. The summed E-state index contributed by atoms with van der Waals surface area (Å²) in [6.45, 7) is 7.14. The molecule has 1 amide bonds. The molecule has 0 bridgehead atoms. The fourth-order valence-electron chi connectivity index (χ4n) is 5.55. The van der Waals surface area contributed by atoms with Gasteiger partial charge in [-0.25, -0.2) is 9.50 Å². The van der Waals surface area contributed by atoms with E-state index in [9.17, 15) is 4.79 Å². The van der Waals surface area contributed by atoms with Gasteiger partial charge in [0.15, 0.2) is 5.82 Å². The van der Waals surface area contributed by atoms with Crippen LogP contribution in [0.5, 0.6) is 0 Å². The quantitative estimate of drug-likeness (QED) is 0.332. The van der Waals surface area contributed by atoms with Crippen LogP contribution in [0.4, 0.5) is 5.82 Å². The Kier molecular flexibility index (Phi) is 6.98. The fraction of sp³-hybridized carbons (Fsp3) is 0.333. The number of hydrogen-bond donors (Lipinski definition) is 1. The van der Waals surface area contributed by atoms with Crippen molar-refractivity contribution in [2.75, 3.05) is 38.5 Å². The van der Waals surface area contributed by atoms with E-state index in [1.807, 2.05) is 27.1 Å². The van der Waals surface area contributed by atoms with E-state index in [2.05, 4.69) is 69.7 Å². The molecule has 0 unspecified atom stereocenters. The lowest BCUT2D eigenvalue weighted by Crippen LogP contribution is -2.48. The standard InChI is InChI=1S/C30H34N8O/c1-2-28(39)36-15-13-35(14-16-36)12-6-9-25-18-26(29-30(31)32-21-33-38(25)29)23-10-11-24-20-37(34-27(24)17-23)19-22-7-4-3-5-8-22/h3-5,7-8,10-11,17-18,20-21H,2,6,9,12-16,19H2,1H3,(H2,31,32,33). The smallest absolute Gasteiger partial charge is 0.222 e. The summed E-state index contributed by atoms with van der Waals surface area (Å²) < 4.78 is 3.93. The number of aryl methyl sites for hydroxylation is 1. The molecule has 1 fully saturated rings. The van der Waals surface area contributed by atoms with Gasteiger partial charge in [-0.1, -0.05) is 49.4 Å². The highest BCUT2D eigenvalue weighted by Crippen LogP contribution is 2.32. The molecular formula is C30H34N8O. The molecule has 0 aliphatic carbocycles. The van der Waals surface area contributed by atoms with E-state index in [1.54, 1.807) is 0 Å². The summed E-state index contributed by atoms with van der Waals surface area (Å²) in [5.74, 6) is 0.720. The molecule has 200 valence electrons. The predicted molar refractivity (Wildman–Crippen MR) is 153 cm³/mol. The summed E-state index contributed by atoms with van der Waals surface area (Å²) in [5.41, 5.74) is 12.6. The van der Waals surface area contributed by atoms with E-state index in [0.29, 0.717) is 12.2 Å². The molecule has 1 aliphatic rings. The highest BCUT2D eigenvalue weighted by atomic mass is 16.2. The maximum atomic E-state index is 12.0. The second-order valence-electron chi connectivity index (χ2n) is 10.2. The van der Waals surface area contributed by atoms with Gasteiger partial charge >= 0.3 is 0 Å². The maximum absolute atomic E-state index is 12.0. The first-order valence-electron chi connectivity index (χ1n) is 13.7. The first-order valence-corrected chi connectivity index (χ1v) is 13.7. The average molecular weight is 523 g/mol. The van der Waals surface area contributed by atoms with E-state index in [0.717, 1.165) is 85.4 Å². The van der Waals surface area contributed by atoms with Crippen molar-refractivity contribution in [2.45, 2.75) is 32.7 Å². The zero-order valence-electron chi connectivity index (χ0n) is 22.3. The normalized spacial score (nSPS) is 14.4. The number of aromatic nitrogens is 5. The SMILES string of the molecule is CCC(=O)N1CCN(CCCc2cc(-c3ccc4cn(Cc5ccccc5)nc4c3)c3c(N)ncnn23)CC1. The molecule has 0 radical (unpaired) electrons. The highest BCUT2D eigenvalue weighted by Gasteiger charge is 2.20. The van der Waals surface area contributed by atoms with Crippen molar-refractivity contribution in [1.82, 2.24) is 34.2 Å². The molecule has 39 heavy (non-hydrogen) atoms. The Bertz CT molecular complexity index is 1600. The van der Waals surface area contributed by atoms with Crippen LogP contribution in [0, 0.1) is 0 Å². The number of nitrogens with zero attached hydrogens (tertiary/aromatic N) is 7. The van der Waals surface area contributed by atoms with Crippen LogP contribution < -0.4 is 5.73 Å². The van der Waals surface area contributed by atoms with Crippen LogP contribution >= 0.6 is 0 Å². The van der Waals surface area contributed by atoms with Crippen LogP contribution in [-0.4, -0.2) is 72.8 Å². The summed E-state index contributed by atoms with van der Waals surface area (Å²) in [6, 6.07) is 18.9. The topological polar surface area (TPSA) is 97.6 Å². The zero-order chi connectivity index (χ0) is 26.8. The Morgan fingerprint density at radius 2 is 1.85 bits per heavy atom. The number of nitrogens with two attached hydrogens (primary N) is 1. The third-order valence-electron chi connectivity index (χ3n) is 7.64. The Hall–Kier alpha value is -4.24. The molecular weight excluding hydrogens is 488 g/mol. The zero-order valence-corrected chi connectivity index (χ0v) is 22.3. The number of nitrogen functional groups attached to an aromatic ring is 1. The van der Waals surface area contributed by atoms with Crippen LogP contribution in [0.25, 0.3) is 27.5 Å². The largest absolute Gasteiger partial charge is 0.382 e. The van der Waals surface area contributed by atoms with Crippen molar-refractivity contribution in [3.05, 3.63) is 78.4 Å². The number of rotatable bonds is 8. The monoisotopic (exact) mass is 522 g/mol. The molecule has 0 saturated carbocycles. The Balaban J connectivity index is 1.20. The minimum Gasteiger partial charge on any atom is -0.382 e. The van der Waals surface area contributed by atoms with Gasteiger partial charge in [0.2, 0.25) is 5.91 Å². The van der Waals surface area contributed by atoms with Gasteiger partial charge < -0.3 is 10.6 Å². The van der Waals surface area contributed by atoms with E-state index in [1.165, 1.54) is 11.9 Å². The van der Waals surface area contributed by atoms with Crippen molar-refractivity contribution in [3.63, 3.8) is 0 Å². The van der Waals surface area contributed by atoms with Crippen LogP contribution in [0.3, 0.4) is 0 Å². The third kappa shape index (κ3) is 5.22. The minimum atomic E-state index is 0.250. The van der Waals surface area contributed by atoms with Gasteiger partial charge in [0.05, 0.1) is 12.1 Å². The lowest BCUT2D eigenvalue weighted by Gasteiger charge is -2.34. The maximum Gasteiger partial charge on any atom is 0.222 e.